The average Bonchev–Trinajstić information content (AvgIpc) is 3.32. The second-order valence-electron chi connectivity index (χ2n) is 11.8. The van der Waals surface area contributed by atoms with Crippen molar-refractivity contribution in [1.82, 2.24) is 24.4 Å². The maximum atomic E-state index is 16.2. The predicted molar refractivity (Wildman–Crippen MR) is 163 cm³/mol. The van der Waals surface area contributed by atoms with Crippen molar-refractivity contribution in [3.8, 4) is 22.7 Å². The van der Waals surface area contributed by atoms with Gasteiger partial charge in [-0.25, -0.2) is 27.5 Å². The lowest BCUT2D eigenvalue weighted by molar-refractivity contribution is -0.133. The van der Waals surface area contributed by atoms with Crippen LogP contribution in [-0.4, -0.2) is 68.8 Å². The number of hydrogen-bond donors (Lipinski definition) is 0. The second kappa shape index (κ2) is 11.3. The van der Waals surface area contributed by atoms with Crippen LogP contribution in [0.1, 0.15) is 43.9 Å². The van der Waals surface area contributed by atoms with Gasteiger partial charge in [-0.15, -0.1) is 0 Å². The minimum atomic E-state index is -0.796. The van der Waals surface area contributed by atoms with Crippen molar-refractivity contribution < 1.29 is 22.7 Å². The van der Waals surface area contributed by atoms with Crippen molar-refractivity contribution in [3.63, 3.8) is 0 Å². The van der Waals surface area contributed by atoms with Crippen molar-refractivity contribution in [2.45, 2.75) is 51.1 Å². The molecule has 0 N–H and O–H groups in total. The number of ether oxygens (including phenoxy) is 1. The number of amides is 1. The Labute approximate surface area is 257 Å². The number of benzene rings is 1. The molecule has 3 aliphatic rings. The first kappa shape index (κ1) is 29.0. The smallest absolute Gasteiger partial charge is 0.355 e. The van der Waals surface area contributed by atoms with Gasteiger partial charge in [-0.1, -0.05) is 19.9 Å². The standard InChI is InChI=1S/C33H31F3N6O3/c1-18(2)28-30-19(10-13-37-28)6-5-15-45-25-8-3-7-21(35)27(25)29-22(36)16-20-31(39-33(44)42(30)32(20)38-29)40-14-11-23-24(40)17-41(23)26(43)9-4-12-34/h3-4,7-10,13,16,18,23-24H,5-6,11-12,14-15,17H2,1-2H3/b9-4+. The third kappa shape index (κ3) is 4.74. The normalized spacial score (nSPS) is 19.2. The molecule has 1 aromatic carbocycles. The molecule has 12 heteroatoms. The molecular weight excluding hydrogens is 585 g/mol. The number of fused-ring (bicyclic) bond motifs is 6. The van der Waals surface area contributed by atoms with Crippen LogP contribution in [-0.2, 0) is 11.2 Å². The van der Waals surface area contributed by atoms with E-state index in [1.165, 1.54) is 34.9 Å². The van der Waals surface area contributed by atoms with Crippen molar-refractivity contribution >= 4 is 22.8 Å². The third-order valence-electron chi connectivity index (χ3n) is 8.87. The summed E-state index contributed by atoms with van der Waals surface area (Å²) in [6.45, 7) is 4.25. The highest BCUT2D eigenvalue weighted by Crippen LogP contribution is 2.41. The van der Waals surface area contributed by atoms with Gasteiger partial charge in [-0.3, -0.25) is 9.78 Å². The monoisotopic (exact) mass is 616 g/mol. The number of anilines is 1. The summed E-state index contributed by atoms with van der Waals surface area (Å²) in [6.07, 6.45) is 5.78. The van der Waals surface area contributed by atoms with Crippen molar-refractivity contribution in [2.75, 3.05) is 31.3 Å². The number of rotatable bonds is 4. The molecule has 7 rings (SSSR count). The Morgan fingerprint density at radius 2 is 2.00 bits per heavy atom. The first-order valence-corrected chi connectivity index (χ1v) is 15.1. The van der Waals surface area contributed by atoms with Gasteiger partial charge in [0.15, 0.2) is 11.5 Å². The van der Waals surface area contributed by atoms with E-state index in [1.807, 2.05) is 24.8 Å². The second-order valence-corrected chi connectivity index (χ2v) is 11.8. The van der Waals surface area contributed by atoms with Crippen LogP contribution in [0.2, 0.25) is 0 Å². The number of carbonyl (C=O) groups is 1. The molecule has 6 heterocycles. The number of aryl methyl sites for hydroxylation is 1. The van der Waals surface area contributed by atoms with E-state index in [0.717, 1.165) is 5.56 Å². The van der Waals surface area contributed by atoms with Crippen LogP contribution in [0.25, 0.3) is 28.0 Å². The Bertz CT molecular complexity index is 1930. The number of halogens is 3. The Morgan fingerprint density at radius 3 is 2.80 bits per heavy atom. The molecular formula is C33H31F3N6O3. The van der Waals surface area contributed by atoms with Crippen LogP contribution >= 0.6 is 0 Å². The number of likely N-dealkylation sites (tertiary alicyclic amines) is 1. The summed E-state index contributed by atoms with van der Waals surface area (Å²) in [5, 5.41) is 0.277. The summed E-state index contributed by atoms with van der Waals surface area (Å²) in [7, 11) is 0. The topological polar surface area (TPSA) is 93.5 Å². The summed E-state index contributed by atoms with van der Waals surface area (Å²) in [4.78, 5) is 44.1. The molecule has 2 unspecified atom stereocenters. The van der Waals surface area contributed by atoms with Gasteiger partial charge in [-0.2, -0.15) is 4.98 Å². The van der Waals surface area contributed by atoms with E-state index in [0.29, 0.717) is 43.7 Å². The van der Waals surface area contributed by atoms with Crippen molar-refractivity contribution in [2.24, 2.45) is 0 Å². The van der Waals surface area contributed by atoms with Crippen LogP contribution in [0.5, 0.6) is 5.75 Å². The summed E-state index contributed by atoms with van der Waals surface area (Å²) < 4.78 is 51.5. The SMILES string of the molecule is CC(C)c1nccc2c1-n1c(=O)nc(N3CCC4C3CN4C(=O)/C=C/CF)c3cc(F)c(nc31)-c1c(F)cccc1OCCC2. The van der Waals surface area contributed by atoms with Gasteiger partial charge in [-0.05, 0) is 61.1 Å². The lowest BCUT2D eigenvalue weighted by atomic mass is 9.96. The zero-order valence-electron chi connectivity index (χ0n) is 24.8. The molecule has 232 valence electrons. The van der Waals surface area contributed by atoms with Crippen LogP contribution < -0.4 is 15.3 Å². The number of nitrogens with zero attached hydrogens (tertiary/aromatic N) is 6. The molecule has 0 radical (unpaired) electrons. The average molecular weight is 617 g/mol. The highest BCUT2D eigenvalue weighted by atomic mass is 19.1. The van der Waals surface area contributed by atoms with E-state index >= 15 is 8.78 Å². The number of aromatic nitrogens is 4. The molecule has 0 spiro atoms. The van der Waals surface area contributed by atoms with E-state index in [1.54, 1.807) is 17.2 Å². The molecule has 0 aliphatic carbocycles. The maximum Gasteiger partial charge on any atom is 0.355 e. The van der Waals surface area contributed by atoms with Crippen molar-refractivity contribution in [1.29, 1.82) is 0 Å². The first-order valence-electron chi connectivity index (χ1n) is 15.1. The molecule has 3 aliphatic heterocycles. The number of pyridine rings is 2. The van der Waals surface area contributed by atoms with Crippen LogP contribution in [0, 0.1) is 11.6 Å². The van der Waals surface area contributed by atoms with Gasteiger partial charge >= 0.3 is 5.69 Å². The van der Waals surface area contributed by atoms with Gasteiger partial charge < -0.3 is 14.5 Å². The van der Waals surface area contributed by atoms with E-state index in [2.05, 4.69) is 15.0 Å². The highest BCUT2D eigenvalue weighted by molar-refractivity contribution is 5.92. The molecule has 2 atom stereocenters. The Morgan fingerprint density at radius 1 is 1.16 bits per heavy atom. The van der Waals surface area contributed by atoms with Gasteiger partial charge in [0, 0.05) is 25.4 Å². The third-order valence-corrected chi connectivity index (χ3v) is 8.87. The van der Waals surface area contributed by atoms with Gasteiger partial charge in [0.2, 0.25) is 5.91 Å². The molecule has 3 aromatic heterocycles. The van der Waals surface area contributed by atoms with Crippen LogP contribution in [0.15, 0.2) is 53.5 Å². The Balaban J connectivity index is 1.47. The molecule has 2 bridgehead atoms. The summed E-state index contributed by atoms with van der Waals surface area (Å²) in [6, 6.07) is 7.06. The molecule has 2 saturated heterocycles. The molecule has 4 aromatic rings. The molecule has 9 nitrogen and oxygen atoms in total. The quantitative estimate of drug-likeness (QED) is 0.302. The minimum absolute atomic E-state index is 0.0758. The lowest BCUT2D eigenvalue weighted by Gasteiger charge is -2.46. The van der Waals surface area contributed by atoms with E-state index in [4.69, 9.17) is 4.74 Å². The van der Waals surface area contributed by atoms with Gasteiger partial charge in [0.25, 0.3) is 0 Å². The summed E-state index contributed by atoms with van der Waals surface area (Å²) in [5.41, 5.74) is 1.10. The van der Waals surface area contributed by atoms with E-state index in [-0.39, 0.29) is 64.4 Å². The van der Waals surface area contributed by atoms with Crippen LogP contribution in [0.3, 0.4) is 0 Å². The molecule has 1 amide bonds. The fraction of sp³-hybridized carbons (Fsp3) is 0.364. The highest BCUT2D eigenvalue weighted by Gasteiger charge is 2.49. The zero-order valence-corrected chi connectivity index (χ0v) is 24.8. The zero-order chi connectivity index (χ0) is 31.4. The molecule has 0 saturated carbocycles. The van der Waals surface area contributed by atoms with Crippen molar-refractivity contribution in [3.05, 3.63) is 82.1 Å². The fourth-order valence-electron chi connectivity index (χ4n) is 6.77. The Hall–Kier alpha value is -4.74. The lowest BCUT2D eigenvalue weighted by Crippen LogP contribution is -2.63. The van der Waals surface area contributed by atoms with E-state index in [9.17, 15) is 14.0 Å². The number of carbonyl (C=O) groups excluding carboxylic acids is 1. The number of hydrogen-bond acceptors (Lipinski definition) is 7. The van der Waals surface area contributed by atoms with Crippen LogP contribution in [0.4, 0.5) is 19.0 Å². The summed E-state index contributed by atoms with van der Waals surface area (Å²) in [5.74, 6) is -1.45. The molecule has 2 fully saturated rings. The first-order chi connectivity index (χ1) is 21.8. The number of alkyl halides is 1. The van der Waals surface area contributed by atoms with E-state index < -0.39 is 24.0 Å². The van der Waals surface area contributed by atoms with Gasteiger partial charge in [0.1, 0.15) is 29.8 Å². The Kier molecular flexibility index (Phi) is 7.29. The number of allylic oxidation sites excluding steroid dienone is 1. The predicted octanol–water partition coefficient (Wildman–Crippen LogP) is 4.88. The fourth-order valence-corrected chi connectivity index (χ4v) is 6.77. The van der Waals surface area contributed by atoms with Gasteiger partial charge in [0.05, 0.1) is 41.0 Å². The minimum Gasteiger partial charge on any atom is -0.493 e. The molecule has 45 heavy (non-hydrogen) atoms. The summed E-state index contributed by atoms with van der Waals surface area (Å²) >= 11 is 0. The maximum absolute atomic E-state index is 16.2. The largest absolute Gasteiger partial charge is 0.493 e.